The van der Waals surface area contributed by atoms with Crippen molar-refractivity contribution in [3.05, 3.63) is 129 Å². The molecule has 0 radical (unpaired) electrons. The summed E-state index contributed by atoms with van der Waals surface area (Å²) in [7, 11) is 0. The number of carbonyl (C=O) groups is 2. The van der Waals surface area contributed by atoms with Crippen molar-refractivity contribution in [2.24, 2.45) is 0 Å². The number of amides is 2. The van der Waals surface area contributed by atoms with E-state index in [4.69, 9.17) is 24.2 Å². The third-order valence-corrected chi connectivity index (χ3v) is 6.86. The van der Waals surface area contributed by atoms with Gasteiger partial charge >= 0.3 is 0 Å². The molecule has 37 heavy (non-hydrogen) atoms. The van der Waals surface area contributed by atoms with Crippen LogP contribution in [0.25, 0.3) is 0 Å². The lowest BCUT2D eigenvalue weighted by molar-refractivity contribution is 0.0933. The van der Waals surface area contributed by atoms with E-state index in [0.717, 1.165) is 16.7 Å². The molecule has 1 aromatic heterocycles. The lowest BCUT2D eigenvalue weighted by atomic mass is 10.0. The standard InChI is InChI=1S/C29H27ClN4O2S/c1-18-6-7-20(14-19(18)2)17-32-34-29(36)25-16-24(30)8-9-26(25)33-28(35)23-5-3-4-22(15-23)27(37)21-10-12-31-13-11-21/h3-16,27,32,37H,17H2,1-2H3,(H,33,35)(H,34,36). The Morgan fingerprint density at radius 1 is 0.892 bits per heavy atom. The molecule has 0 bridgehead atoms. The molecule has 4 aromatic rings. The van der Waals surface area contributed by atoms with Crippen molar-refractivity contribution in [2.75, 3.05) is 5.32 Å². The number of anilines is 1. The Labute approximate surface area is 226 Å². The number of rotatable bonds is 8. The van der Waals surface area contributed by atoms with E-state index < -0.39 is 5.91 Å². The molecule has 0 aliphatic rings. The third kappa shape index (κ3) is 6.77. The normalized spacial score (nSPS) is 11.6. The fourth-order valence-electron chi connectivity index (χ4n) is 3.80. The number of nitrogens with zero attached hydrogens (tertiary/aromatic N) is 1. The molecule has 0 spiro atoms. The average Bonchev–Trinajstić information content (AvgIpc) is 2.91. The van der Waals surface area contributed by atoms with E-state index in [0.29, 0.717) is 22.8 Å². The molecule has 0 aliphatic heterocycles. The SMILES string of the molecule is Cc1ccc(CNNC(=O)c2cc(Cl)ccc2NC(=O)c2cccc(C(S)c3ccncc3)c2)cc1C. The van der Waals surface area contributed by atoms with E-state index in [1.54, 1.807) is 42.7 Å². The third-order valence-electron chi connectivity index (χ3n) is 6.03. The highest BCUT2D eigenvalue weighted by Crippen LogP contribution is 2.29. The molecule has 1 unspecified atom stereocenters. The number of aryl methyl sites for hydroxylation is 2. The molecule has 0 saturated carbocycles. The van der Waals surface area contributed by atoms with Crippen LogP contribution >= 0.6 is 24.2 Å². The second-order valence-corrected chi connectivity index (χ2v) is 9.63. The van der Waals surface area contributed by atoms with Crippen LogP contribution in [-0.2, 0) is 6.54 Å². The second kappa shape index (κ2) is 12.1. The van der Waals surface area contributed by atoms with E-state index in [1.807, 2.05) is 37.3 Å². The minimum atomic E-state index is -0.413. The van der Waals surface area contributed by atoms with E-state index in [1.165, 1.54) is 17.2 Å². The highest BCUT2D eigenvalue weighted by molar-refractivity contribution is 7.80. The topological polar surface area (TPSA) is 83.1 Å². The number of pyridine rings is 1. The van der Waals surface area contributed by atoms with Crippen LogP contribution in [0.1, 0.15) is 53.8 Å². The van der Waals surface area contributed by atoms with Crippen molar-refractivity contribution in [1.29, 1.82) is 0 Å². The van der Waals surface area contributed by atoms with Crippen LogP contribution in [0.15, 0.2) is 85.2 Å². The predicted octanol–water partition coefficient (Wildman–Crippen LogP) is 6.06. The zero-order valence-corrected chi connectivity index (χ0v) is 22.1. The first-order valence-corrected chi connectivity index (χ1v) is 12.6. The van der Waals surface area contributed by atoms with Crippen LogP contribution < -0.4 is 16.2 Å². The van der Waals surface area contributed by atoms with Crippen molar-refractivity contribution in [2.45, 2.75) is 25.6 Å². The lowest BCUT2D eigenvalue weighted by Crippen LogP contribution is -2.37. The maximum Gasteiger partial charge on any atom is 0.267 e. The summed E-state index contributed by atoms with van der Waals surface area (Å²) in [5.74, 6) is -0.764. The fourth-order valence-corrected chi connectivity index (χ4v) is 4.31. The first-order chi connectivity index (χ1) is 17.8. The van der Waals surface area contributed by atoms with Crippen molar-refractivity contribution in [3.8, 4) is 0 Å². The first kappa shape index (κ1) is 26.4. The largest absolute Gasteiger partial charge is 0.321 e. The van der Waals surface area contributed by atoms with E-state index in [-0.39, 0.29) is 16.7 Å². The van der Waals surface area contributed by atoms with Crippen molar-refractivity contribution >= 4 is 41.7 Å². The number of thiol groups is 1. The van der Waals surface area contributed by atoms with Gasteiger partial charge in [-0.05, 0) is 84.1 Å². The number of hydrogen-bond acceptors (Lipinski definition) is 5. The molecule has 0 saturated heterocycles. The van der Waals surface area contributed by atoms with Crippen LogP contribution in [0.5, 0.6) is 0 Å². The zero-order chi connectivity index (χ0) is 26.4. The second-order valence-electron chi connectivity index (χ2n) is 8.68. The first-order valence-electron chi connectivity index (χ1n) is 11.7. The van der Waals surface area contributed by atoms with Crippen molar-refractivity contribution < 1.29 is 9.59 Å². The number of hydrogen-bond donors (Lipinski definition) is 4. The Bertz CT molecular complexity index is 1430. The van der Waals surface area contributed by atoms with E-state index in [9.17, 15) is 9.59 Å². The van der Waals surface area contributed by atoms with Gasteiger partial charge in [0.25, 0.3) is 11.8 Å². The van der Waals surface area contributed by atoms with Crippen LogP contribution in [0.2, 0.25) is 5.02 Å². The monoisotopic (exact) mass is 530 g/mol. The number of aromatic nitrogens is 1. The molecule has 3 N–H and O–H groups in total. The number of hydrazine groups is 1. The quantitative estimate of drug-likeness (QED) is 0.165. The molecular weight excluding hydrogens is 504 g/mol. The molecule has 6 nitrogen and oxygen atoms in total. The summed E-state index contributed by atoms with van der Waals surface area (Å²) in [6, 6.07) is 21.9. The summed E-state index contributed by atoms with van der Waals surface area (Å²) in [5.41, 5.74) is 11.9. The molecule has 1 heterocycles. The summed E-state index contributed by atoms with van der Waals surface area (Å²) in [6.07, 6.45) is 3.41. The lowest BCUT2D eigenvalue weighted by Gasteiger charge is -2.15. The van der Waals surface area contributed by atoms with Crippen LogP contribution in [0.4, 0.5) is 5.69 Å². The van der Waals surface area contributed by atoms with Crippen molar-refractivity contribution in [3.63, 3.8) is 0 Å². The van der Waals surface area contributed by atoms with E-state index >= 15 is 0 Å². The highest BCUT2D eigenvalue weighted by atomic mass is 35.5. The number of carbonyl (C=O) groups excluding carboxylic acids is 2. The molecule has 0 aliphatic carbocycles. The van der Waals surface area contributed by atoms with Gasteiger partial charge in [-0.2, -0.15) is 12.6 Å². The van der Waals surface area contributed by atoms with Gasteiger partial charge in [-0.3, -0.25) is 20.0 Å². The van der Waals surface area contributed by atoms with Gasteiger partial charge in [0.15, 0.2) is 0 Å². The highest BCUT2D eigenvalue weighted by Gasteiger charge is 2.17. The minimum Gasteiger partial charge on any atom is -0.321 e. The Kier molecular flexibility index (Phi) is 8.61. The number of benzene rings is 3. The van der Waals surface area contributed by atoms with Crippen molar-refractivity contribution in [1.82, 2.24) is 15.8 Å². The van der Waals surface area contributed by atoms with Gasteiger partial charge in [0, 0.05) is 29.5 Å². The minimum absolute atomic E-state index is 0.212. The summed E-state index contributed by atoms with van der Waals surface area (Å²) < 4.78 is 0. The van der Waals surface area contributed by atoms with E-state index in [2.05, 4.69) is 34.1 Å². The summed E-state index contributed by atoms with van der Waals surface area (Å²) in [6.45, 7) is 4.55. The molecular formula is C29H27ClN4O2S. The van der Waals surface area contributed by atoms with Crippen LogP contribution in [0.3, 0.4) is 0 Å². The Morgan fingerprint density at radius 3 is 2.43 bits per heavy atom. The Balaban J connectivity index is 1.46. The van der Waals surface area contributed by atoms with Crippen LogP contribution in [-0.4, -0.2) is 16.8 Å². The van der Waals surface area contributed by atoms with Gasteiger partial charge in [-0.1, -0.05) is 41.9 Å². The average molecular weight is 531 g/mol. The number of nitrogens with one attached hydrogen (secondary N) is 3. The van der Waals surface area contributed by atoms with Gasteiger partial charge in [0.05, 0.1) is 16.5 Å². The molecule has 4 rings (SSSR count). The Morgan fingerprint density at radius 2 is 1.68 bits per heavy atom. The van der Waals surface area contributed by atoms with Gasteiger partial charge < -0.3 is 5.32 Å². The smallest absolute Gasteiger partial charge is 0.267 e. The molecule has 188 valence electrons. The maximum absolute atomic E-state index is 13.1. The molecule has 8 heteroatoms. The summed E-state index contributed by atoms with van der Waals surface area (Å²) >= 11 is 10.9. The van der Waals surface area contributed by atoms with Gasteiger partial charge in [-0.25, -0.2) is 5.43 Å². The molecule has 2 amide bonds. The predicted molar refractivity (Wildman–Crippen MR) is 151 cm³/mol. The zero-order valence-electron chi connectivity index (χ0n) is 20.5. The van der Waals surface area contributed by atoms with Gasteiger partial charge in [0.2, 0.25) is 0 Å². The molecule has 1 atom stereocenters. The molecule has 0 fully saturated rings. The summed E-state index contributed by atoms with van der Waals surface area (Å²) in [4.78, 5) is 30.1. The van der Waals surface area contributed by atoms with Crippen LogP contribution in [0, 0.1) is 13.8 Å². The maximum atomic E-state index is 13.1. The molecule has 3 aromatic carbocycles. The van der Waals surface area contributed by atoms with Gasteiger partial charge in [-0.15, -0.1) is 0 Å². The van der Waals surface area contributed by atoms with Gasteiger partial charge in [0.1, 0.15) is 0 Å². The number of halogens is 1. The summed E-state index contributed by atoms with van der Waals surface area (Å²) in [5, 5.41) is 3.01. The fraction of sp³-hybridized carbons (Fsp3) is 0.138. The Hall–Kier alpha value is -3.65.